The van der Waals surface area contributed by atoms with Crippen molar-refractivity contribution < 1.29 is 0 Å². The summed E-state index contributed by atoms with van der Waals surface area (Å²) < 4.78 is 0. The molecule has 2 rings (SSSR count). The van der Waals surface area contributed by atoms with Gasteiger partial charge in [-0.1, -0.05) is 6.07 Å². The van der Waals surface area contributed by atoms with Crippen molar-refractivity contribution in [3.8, 4) is 0 Å². The van der Waals surface area contributed by atoms with Crippen LogP contribution in [0.1, 0.15) is 24.2 Å². The summed E-state index contributed by atoms with van der Waals surface area (Å²) in [6.07, 6.45) is 3.50. The lowest BCUT2D eigenvalue weighted by atomic mass is 10.2. The Balaban J connectivity index is 2.30. The Bertz CT molecular complexity index is 513. The molecule has 0 saturated carbocycles. The molecule has 0 fully saturated rings. The van der Waals surface area contributed by atoms with Crippen LogP contribution in [0.3, 0.4) is 0 Å². The molecule has 0 aliphatic carbocycles. The quantitative estimate of drug-likeness (QED) is 0.842. The minimum absolute atomic E-state index is 0.0454. The molecule has 0 amide bonds. The molecule has 2 heterocycles. The van der Waals surface area contributed by atoms with Gasteiger partial charge in [0.05, 0.1) is 0 Å². The molecule has 0 bridgehead atoms. The number of aromatic nitrogens is 3. The van der Waals surface area contributed by atoms with Crippen molar-refractivity contribution in [1.82, 2.24) is 15.0 Å². The molecule has 17 heavy (non-hydrogen) atoms. The van der Waals surface area contributed by atoms with Crippen LogP contribution in [0.5, 0.6) is 0 Å². The van der Waals surface area contributed by atoms with E-state index in [1.165, 1.54) is 11.8 Å². The van der Waals surface area contributed by atoms with Gasteiger partial charge in [0, 0.05) is 29.7 Å². The summed E-state index contributed by atoms with van der Waals surface area (Å²) in [4.78, 5) is 12.9. The van der Waals surface area contributed by atoms with Gasteiger partial charge in [-0.15, -0.1) is 0 Å². The summed E-state index contributed by atoms with van der Waals surface area (Å²) in [7, 11) is 0. The maximum Gasteiger partial charge on any atom is 0.194 e. The molecule has 2 N–H and O–H groups in total. The van der Waals surface area contributed by atoms with E-state index in [0.717, 1.165) is 16.3 Å². The third kappa shape index (κ3) is 3.01. The number of pyridine rings is 1. The summed E-state index contributed by atoms with van der Waals surface area (Å²) in [5.74, 6) is 0. The average Bonchev–Trinajstić information content (AvgIpc) is 2.29. The minimum Gasteiger partial charge on any atom is -0.324 e. The van der Waals surface area contributed by atoms with Gasteiger partial charge in [0.15, 0.2) is 5.16 Å². The minimum atomic E-state index is -0.0454. The van der Waals surface area contributed by atoms with E-state index < -0.39 is 0 Å². The van der Waals surface area contributed by atoms with E-state index in [2.05, 4.69) is 15.0 Å². The molecule has 0 radical (unpaired) electrons. The second-order valence-corrected chi connectivity index (χ2v) is 4.73. The first-order valence-corrected chi connectivity index (χ1v) is 6.16. The van der Waals surface area contributed by atoms with Gasteiger partial charge in [-0.25, -0.2) is 15.0 Å². The molecule has 1 atom stereocenters. The second-order valence-electron chi connectivity index (χ2n) is 3.77. The Morgan fingerprint density at radius 2 is 2.06 bits per heavy atom. The second kappa shape index (κ2) is 5.25. The summed E-state index contributed by atoms with van der Waals surface area (Å²) >= 11 is 1.44. The first kappa shape index (κ1) is 12.0. The molecule has 0 aliphatic rings. The first-order valence-electron chi connectivity index (χ1n) is 5.35. The van der Waals surface area contributed by atoms with Gasteiger partial charge in [-0.2, -0.15) is 0 Å². The Morgan fingerprint density at radius 3 is 2.76 bits per heavy atom. The van der Waals surface area contributed by atoms with Gasteiger partial charge in [0.25, 0.3) is 0 Å². The lowest BCUT2D eigenvalue weighted by Gasteiger charge is -2.09. The summed E-state index contributed by atoms with van der Waals surface area (Å²) in [6.45, 7) is 3.88. The normalized spacial score (nSPS) is 12.4. The molecule has 0 aromatic carbocycles. The molecule has 2 aromatic heterocycles. The monoisotopic (exact) mass is 246 g/mol. The van der Waals surface area contributed by atoms with Gasteiger partial charge in [0.2, 0.25) is 0 Å². The lowest BCUT2D eigenvalue weighted by Crippen LogP contribution is -2.07. The molecule has 4 nitrogen and oxygen atoms in total. The van der Waals surface area contributed by atoms with E-state index in [1.54, 1.807) is 12.4 Å². The third-order valence-corrected chi connectivity index (χ3v) is 3.17. The number of hydrogen-bond acceptors (Lipinski definition) is 5. The Labute approximate surface area is 105 Å². The number of rotatable bonds is 3. The van der Waals surface area contributed by atoms with Crippen molar-refractivity contribution in [3.63, 3.8) is 0 Å². The number of nitrogens with two attached hydrogens (primary N) is 1. The van der Waals surface area contributed by atoms with Gasteiger partial charge >= 0.3 is 0 Å². The Hall–Kier alpha value is -1.46. The predicted molar refractivity (Wildman–Crippen MR) is 67.7 cm³/mol. The van der Waals surface area contributed by atoms with Crippen LogP contribution >= 0.6 is 11.8 Å². The molecule has 88 valence electrons. The zero-order chi connectivity index (χ0) is 12.3. The molecular formula is C12H14N4S. The van der Waals surface area contributed by atoms with E-state index in [-0.39, 0.29) is 6.04 Å². The average molecular weight is 246 g/mol. The van der Waals surface area contributed by atoms with Gasteiger partial charge in [-0.3, -0.25) is 0 Å². The SMILES string of the molecule is Cc1ccnc(Sc2ncccc2[C@H](C)N)n1. The summed E-state index contributed by atoms with van der Waals surface area (Å²) in [5, 5.41) is 1.57. The van der Waals surface area contributed by atoms with Gasteiger partial charge in [-0.05, 0) is 37.7 Å². The molecule has 5 heteroatoms. The largest absolute Gasteiger partial charge is 0.324 e. The highest BCUT2D eigenvalue weighted by atomic mass is 32.2. The fourth-order valence-corrected chi connectivity index (χ4v) is 2.36. The fraction of sp³-hybridized carbons (Fsp3) is 0.250. The van der Waals surface area contributed by atoms with Crippen LogP contribution in [0.4, 0.5) is 0 Å². The van der Waals surface area contributed by atoms with Crippen molar-refractivity contribution >= 4 is 11.8 Å². The molecule has 0 aliphatic heterocycles. The van der Waals surface area contributed by atoms with E-state index in [4.69, 9.17) is 5.73 Å². The zero-order valence-electron chi connectivity index (χ0n) is 9.79. The Kier molecular flexibility index (Phi) is 3.71. The van der Waals surface area contributed by atoms with Crippen molar-refractivity contribution in [3.05, 3.63) is 41.9 Å². The Morgan fingerprint density at radius 1 is 1.24 bits per heavy atom. The highest BCUT2D eigenvalue weighted by molar-refractivity contribution is 7.99. The maximum atomic E-state index is 5.90. The highest BCUT2D eigenvalue weighted by Gasteiger charge is 2.10. The van der Waals surface area contributed by atoms with Crippen LogP contribution in [0.15, 0.2) is 40.8 Å². The molecular weight excluding hydrogens is 232 g/mol. The first-order chi connectivity index (χ1) is 8.16. The zero-order valence-corrected chi connectivity index (χ0v) is 10.6. The van der Waals surface area contributed by atoms with Gasteiger partial charge in [0.1, 0.15) is 5.03 Å². The molecule has 2 aromatic rings. The lowest BCUT2D eigenvalue weighted by molar-refractivity contribution is 0.778. The topological polar surface area (TPSA) is 64.7 Å². The maximum absolute atomic E-state index is 5.90. The van der Waals surface area contributed by atoms with Crippen LogP contribution in [0.25, 0.3) is 0 Å². The van der Waals surface area contributed by atoms with Crippen molar-refractivity contribution in [1.29, 1.82) is 0 Å². The van der Waals surface area contributed by atoms with E-state index in [1.807, 2.05) is 32.0 Å². The number of hydrogen-bond donors (Lipinski definition) is 1. The van der Waals surface area contributed by atoms with E-state index in [9.17, 15) is 0 Å². The third-order valence-electron chi connectivity index (χ3n) is 2.25. The molecule has 0 saturated heterocycles. The van der Waals surface area contributed by atoms with Crippen LogP contribution in [0, 0.1) is 6.92 Å². The van der Waals surface area contributed by atoms with Crippen molar-refractivity contribution in [2.24, 2.45) is 5.73 Å². The molecule has 0 unspecified atom stereocenters. The number of aryl methyl sites for hydroxylation is 1. The fourth-order valence-electron chi connectivity index (χ4n) is 1.40. The van der Waals surface area contributed by atoms with Crippen LogP contribution in [-0.4, -0.2) is 15.0 Å². The summed E-state index contributed by atoms with van der Waals surface area (Å²) in [5.41, 5.74) is 7.87. The van der Waals surface area contributed by atoms with Crippen LogP contribution in [0.2, 0.25) is 0 Å². The van der Waals surface area contributed by atoms with Crippen molar-refractivity contribution in [2.75, 3.05) is 0 Å². The van der Waals surface area contributed by atoms with Crippen molar-refractivity contribution in [2.45, 2.75) is 30.1 Å². The number of nitrogens with zero attached hydrogens (tertiary/aromatic N) is 3. The van der Waals surface area contributed by atoms with E-state index in [0.29, 0.717) is 5.16 Å². The van der Waals surface area contributed by atoms with E-state index >= 15 is 0 Å². The smallest absolute Gasteiger partial charge is 0.194 e. The predicted octanol–water partition coefficient (Wildman–Crippen LogP) is 2.35. The summed E-state index contributed by atoms with van der Waals surface area (Å²) in [6, 6.07) is 5.70. The highest BCUT2D eigenvalue weighted by Crippen LogP contribution is 2.28. The van der Waals surface area contributed by atoms with Crippen LogP contribution in [-0.2, 0) is 0 Å². The molecule has 0 spiro atoms. The van der Waals surface area contributed by atoms with Gasteiger partial charge < -0.3 is 5.73 Å². The van der Waals surface area contributed by atoms with Crippen LogP contribution < -0.4 is 5.73 Å². The standard InChI is InChI=1S/C12H14N4S/c1-8-5-7-15-12(16-8)17-11-10(9(2)13)4-3-6-14-11/h3-7,9H,13H2,1-2H3/t9-/m0/s1.